The maximum Gasteiger partial charge on any atom is 0.322 e. The van der Waals surface area contributed by atoms with Crippen molar-refractivity contribution in [3.05, 3.63) is 78.4 Å². The third-order valence-corrected chi connectivity index (χ3v) is 11.7. The molecule has 0 unspecified atom stereocenters. The van der Waals surface area contributed by atoms with Gasteiger partial charge in [-0.2, -0.15) is 0 Å². The molecular formula is C38H48N4O8S2. The molecule has 4 rings (SSSR count). The van der Waals surface area contributed by atoms with E-state index in [1.165, 1.54) is 17.8 Å². The van der Waals surface area contributed by atoms with E-state index in [-0.39, 0.29) is 16.4 Å². The van der Waals surface area contributed by atoms with Gasteiger partial charge in [-0.1, -0.05) is 88.1 Å². The minimum Gasteiger partial charge on any atom is -0.483 e. The highest BCUT2D eigenvalue weighted by molar-refractivity contribution is 7.98. The number of ether oxygens (including phenoxy) is 1. The smallest absolute Gasteiger partial charge is 0.322 e. The first-order valence-corrected chi connectivity index (χ1v) is 20.3. The third-order valence-electron chi connectivity index (χ3n) is 8.97. The van der Waals surface area contributed by atoms with Gasteiger partial charge in [0.25, 0.3) is 5.91 Å². The number of anilines is 2. The van der Waals surface area contributed by atoms with Gasteiger partial charge in [0.05, 0.1) is 27.8 Å². The van der Waals surface area contributed by atoms with Crippen LogP contribution in [0.2, 0.25) is 0 Å². The summed E-state index contributed by atoms with van der Waals surface area (Å²) in [6.07, 6.45) is 7.15. The molecule has 0 saturated heterocycles. The van der Waals surface area contributed by atoms with Crippen LogP contribution >= 0.6 is 11.8 Å². The van der Waals surface area contributed by atoms with Gasteiger partial charge < -0.3 is 30.7 Å². The zero-order chi connectivity index (χ0) is 37.7. The van der Waals surface area contributed by atoms with Crippen molar-refractivity contribution in [2.24, 2.45) is 5.41 Å². The van der Waals surface area contributed by atoms with Crippen molar-refractivity contribution < 1.29 is 37.4 Å². The first kappa shape index (κ1) is 40.2. The number of aliphatic carboxylic acids is 1. The van der Waals surface area contributed by atoms with Crippen LogP contribution in [0.5, 0.6) is 5.75 Å². The molecule has 4 N–H and O–H groups in total. The standard InChI is InChI=1S/C38H48N4O8S2/c1-4-6-18-38(19-7-5-2)25-42(28-16-12-9-13-17-28)29-20-31(51-3)30(21-32(29)52(48,49)26-38)50-24-34(44)41-36(27-14-10-8-11-15-27)37(47)40-22-33(43)39-23-35(45)46/h8-17,20-21,36H,4-7,18-19,22-26H2,1-3H3,(H,39,43)(H,40,47)(H,41,44)(H,45,46)/t36-/m1/s1. The van der Waals surface area contributed by atoms with Crippen molar-refractivity contribution in [3.8, 4) is 5.75 Å². The van der Waals surface area contributed by atoms with Gasteiger partial charge in [-0.3, -0.25) is 19.2 Å². The largest absolute Gasteiger partial charge is 0.483 e. The summed E-state index contributed by atoms with van der Waals surface area (Å²) in [4.78, 5) is 52.1. The number of carboxylic acid groups (broad SMARTS) is 1. The van der Waals surface area contributed by atoms with E-state index in [1.54, 1.807) is 30.3 Å². The molecule has 280 valence electrons. The number of sulfone groups is 1. The van der Waals surface area contributed by atoms with Crippen LogP contribution in [-0.4, -0.2) is 75.5 Å². The normalized spacial score (nSPS) is 15.0. The summed E-state index contributed by atoms with van der Waals surface area (Å²) >= 11 is 1.37. The molecule has 0 radical (unpaired) electrons. The number of amides is 3. The number of rotatable bonds is 18. The Hall–Kier alpha value is -4.56. The highest BCUT2D eigenvalue weighted by atomic mass is 32.2. The monoisotopic (exact) mass is 752 g/mol. The summed E-state index contributed by atoms with van der Waals surface area (Å²) < 4.78 is 34.8. The van der Waals surface area contributed by atoms with E-state index in [4.69, 9.17) is 9.84 Å². The number of nitrogens with one attached hydrogen (secondary N) is 3. The van der Waals surface area contributed by atoms with E-state index in [0.717, 1.165) is 44.2 Å². The van der Waals surface area contributed by atoms with Crippen LogP contribution in [0.15, 0.2) is 82.6 Å². The van der Waals surface area contributed by atoms with E-state index >= 15 is 0 Å². The van der Waals surface area contributed by atoms with Gasteiger partial charge in [0.2, 0.25) is 11.8 Å². The second-order valence-corrected chi connectivity index (χ2v) is 15.8. The van der Waals surface area contributed by atoms with E-state index in [0.29, 0.717) is 22.7 Å². The lowest BCUT2D eigenvalue weighted by Crippen LogP contribution is -2.45. The Morgan fingerprint density at radius 3 is 2.13 bits per heavy atom. The Bertz CT molecular complexity index is 1800. The summed E-state index contributed by atoms with van der Waals surface area (Å²) in [5.41, 5.74) is 1.43. The van der Waals surface area contributed by atoms with Crippen LogP contribution < -0.4 is 25.6 Å². The third kappa shape index (κ3) is 10.7. The second-order valence-electron chi connectivity index (χ2n) is 12.9. The van der Waals surface area contributed by atoms with Crippen LogP contribution in [-0.2, 0) is 29.0 Å². The molecule has 3 aromatic rings. The van der Waals surface area contributed by atoms with Gasteiger partial charge in [-0.05, 0) is 42.9 Å². The molecule has 0 fully saturated rings. The Morgan fingerprint density at radius 1 is 0.904 bits per heavy atom. The Kier molecular flexibility index (Phi) is 14.5. The van der Waals surface area contributed by atoms with E-state index in [2.05, 4.69) is 34.7 Å². The molecule has 14 heteroatoms. The number of para-hydroxylation sites is 1. The topological polar surface area (TPSA) is 171 Å². The van der Waals surface area contributed by atoms with Crippen LogP contribution in [0.1, 0.15) is 64.0 Å². The molecule has 1 aliphatic rings. The molecule has 12 nitrogen and oxygen atoms in total. The highest BCUT2D eigenvalue weighted by Crippen LogP contribution is 2.47. The molecule has 0 saturated carbocycles. The Morgan fingerprint density at radius 2 is 1.54 bits per heavy atom. The summed E-state index contributed by atoms with van der Waals surface area (Å²) in [5.74, 6) is -3.07. The molecule has 3 aromatic carbocycles. The number of nitrogens with zero attached hydrogens (tertiary/aromatic N) is 1. The number of benzene rings is 3. The maximum atomic E-state index is 14.4. The zero-order valence-electron chi connectivity index (χ0n) is 29.9. The highest BCUT2D eigenvalue weighted by Gasteiger charge is 2.42. The summed E-state index contributed by atoms with van der Waals surface area (Å²) in [7, 11) is -3.81. The van der Waals surface area contributed by atoms with Gasteiger partial charge in [-0.25, -0.2) is 8.42 Å². The maximum absolute atomic E-state index is 14.4. The number of carbonyl (C=O) groups excluding carboxylic acids is 3. The van der Waals surface area contributed by atoms with Crippen molar-refractivity contribution in [1.29, 1.82) is 0 Å². The number of hydrogen-bond acceptors (Lipinski definition) is 9. The fraction of sp³-hybridized carbons (Fsp3) is 0.421. The molecule has 3 amide bonds. The number of fused-ring (bicyclic) bond motifs is 1. The van der Waals surface area contributed by atoms with Gasteiger partial charge >= 0.3 is 5.97 Å². The molecule has 1 atom stereocenters. The number of unbranched alkanes of at least 4 members (excludes halogenated alkanes) is 2. The number of carbonyl (C=O) groups is 4. The molecular weight excluding hydrogens is 705 g/mol. The molecule has 1 heterocycles. The summed E-state index contributed by atoms with van der Waals surface area (Å²) in [5, 5.41) is 16.0. The van der Waals surface area contributed by atoms with Crippen molar-refractivity contribution in [2.75, 3.05) is 43.1 Å². The predicted molar refractivity (Wildman–Crippen MR) is 202 cm³/mol. The van der Waals surface area contributed by atoms with Gasteiger partial charge in [0.15, 0.2) is 16.4 Å². The zero-order valence-corrected chi connectivity index (χ0v) is 31.5. The second kappa shape index (κ2) is 18.8. The van der Waals surface area contributed by atoms with E-state index < -0.39 is 64.7 Å². The van der Waals surface area contributed by atoms with Crippen LogP contribution in [0.25, 0.3) is 0 Å². The Labute approximate surface area is 310 Å². The van der Waals surface area contributed by atoms with E-state index in [1.807, 2.05) is 42.7 Å². The lowest BCUT2D eigenvalue weighted by atomic mass is 9.79. The lowest BCUT2D eigenvalue weighted by Gasteiger charge is -2.37. The molecule has 52 heavy (non-hydrogen) atoms. The van der Waals surface area contributed by atoms with Crippen molar-refractivity contribution in [3.63, 3.8) is 0 Å². The van der Waals surface area contributed by atoms with Crippen LogP contribution in [0, 0.1) is 5.41 Å². The van der Waals surface area contributed by atoms with Crippen molar-refractivity contribution in [1.82, 2.24) is 16.0 Å². The SMILES string of the molecule is CCCCC1(CCCC)CN(c2ccccc2)c2cc(SC)c(OCC(=O)N[C@@H](C(=O)NCC(=O)NCC(=O)O)c3ccccc3)cc2S(=O)(=O)C1. The molecule has 0 aliphatic carbocycles. The molecule has 0 spiro atoms. The first-order chi connectivity index (χ1) is 24.9. The van der Waals surface area contributed by atoms with Gasteiger partial charge in [0.1, 0.15) is 18.3 Å². The first-order valence-electron chi connectivity index (χ1n) is 17.4. The van der Waals surface area contributed by atoms with Crippen LogP contribution in [0.3, 0.4) is 0 Å². The number of hydrogen-bond donors (Lipinski definition) is 4. The average Bonchev–Trinajstić information content (AvgIpc) is 3.24. The predicted octanol–water partition coefficient (Wildman–Crippen LogP) is 5.25. The quantitative estimate of drug-likeness (QED) is 0.126. The molecule has 0 bridgehead atoms. The van der Waals surface area contributed by atoms with Crippen LogP contribution in [0.4, 0.5) is 11.4 Å². The Balaban J connectivity index is 1.62. The van der Waals surface area contributed by atoms with Crippen molar-refractivity contribution in [2.45, 2.75) is 68.2 Å². The van der Waals surface area contributed by atoms with E-state index in [9.17, 15) is 27.6 Å². The number of carboxylic acids is 1. The van der Waals surface area contributed by atoms with Crippen molar-refractivity contribution >= 4 is 56.7 Å². The molecule has 1 aliphatic heterocycles. The summed E-state index contributed by atoms with van der Waals surface area (Å²) in [6.45, 7) is 3.15. The van der Waals surface area contributed by atoms with Gasteiger partial charge in [-0.15, -0.1) is 11.8 Å². The van der Waals surface area contributed by atoms with Gasteiger partial charge in [0, 0.05) is 23.7 Å². The fourth-order valence-electron chi connectivity index (χ4n) is 6.38. The fourth-order valence-corrected chi connectivity index (χ4v) is 9.04. The summed E-state index contributed by atoms with van der Waals surface area (Å²) in [6, 6.07) is 20.3. The number of thioether (sulfide) groups is 1. The lowest BCUT2D eigenvalue weighted by molar-refractivity contribution is -0.138. The average molecular weight is 753 g/mol. The minimum atomic E-state index is -3.81. The molecule has 0 aromatic heterocycles. The minimum absolute atomic E-state index is 0.00290.